The van der Waals surface area contributed by atoms with Crippen LogP contribution in [0.3, 0.4) is 0 Å². The summed E-state index contributed by atoms with van der Waals surface area (Å²) < 4.78 is 13.2. The van der Waals surface area contributed by atoms with Crippen molar-refractivity contribution in [3.05, 3.63) is 29.8 Å². The predicted octanol–water partition coefficient (Wildman–Crippen LogP) is 1.57. The van der Waals surface area contributed by atoms with E-state index in [9.17, 15) is 9.18 Å². The van der Waals surface area contributed by atoms with Crippen molar-refractivity contribution in [3.8, 4) is 0 Å². The lowest BCUT2D eigenvalue weighted by molar-refractivity contribution is 0.0744. The SMILES string of the molecule is CN(C)CCCN(CCCN(C)C)C(=O)c1ccnc(F)c1. The molecule has 1 heterocycles. The molecule has 0 unspecified atom stereocenters. The second-order valence-electron chi connectivity index (χ2n) is 5.97. The van der Waals surface area contributed by atoms with Gasteiger partial charge >= 0.3 is 0 Å². The molecule has 1 aromatic rings. The van der Waals surface area contributed by atoms with Crippen molar-refractivity contribution < 1.29 is 9.18 Å². The average molecular weight is 310 g/mol. The Morgan fingerprint density at radius 3 is 2.05 bits per heavy atom. The van der Waals surface area contributed by atoms with Crippen LogP contribution in [0.25, 0.3) is 0 Å². The first-order chi connectivity index (χ1) is 10.4. The van der Waals surface area contributed by atoms with Crippen LogP contribution in [-0.4, -0.2) is 80.0 Å². The molecular formula is C16H27FN4O. The van der Waals surface area contributed by atoms with Gasteiger partial charge in [-0.15, -0.1) is 0 Å². The number of pyridine rings is 1. The fourth-order valence-corrected chi connectivity index (χ4v) is 2.19. The van der Waals surface area contributed by atoms with E-state index < -0.39 is 5.95 Å². The molecular weight excluding hydrogens is 283 g/mol. The number of rotatable bonds is 9. The molecule has 0 N–H and O–H groups in total. The molecule has 5 nitrogen and oxygen atoms in total. The average Bonchev–Trinajstić information content (AvgIpc) is 2.44. The van der Waals surface area contributed by atoms with Crippen molar-refractivity contribution in [1.82, 2.24) is 19.7 Å². The minimum atomic E-state index is -0.618. The van der Waals surface area contributed by atoms with Gasteiger partial charge in [-0.3, -0.25) is 4.79 Å². The van der Waals surface area contributed by atoms with E-state index >= 15 is 0 Å². The van der Waals surface area contributed by atoms with Crippen LogP contribution in [0.4, 0.5) is 4.39 Å². The molecule has 0 aliphatic rings. The molecule has 0 aliphatic carbocycles. The molecule has 124 valence electrons. The lowest BCUT2D eigenvalue weighted by atomic mass is 10.2. The maximum Gasteiger partial charge on any atom is 0.254 e. The number of hydrogen-bond donors (Lipinski definition) is 0. The van der Waals surface area contributed by atoms with Gasteiger partial charge < -0.3 is 14.7 Å². The van der Waals surface area contributed by atoms with Crippen LogP contribution in [0.5, 0.6) is 0 Å². The highest BCUT2D eigenvalue weighted by Gasteiger charge is 2.16. The second kappa shape index (κ2) is 9.48. The Kier molecular flexibility index (Phi) is 7.98. The van der Waals surface area contributed by atoms with E-state index in [1.807, 2.05) is 33.1 Å². The largest absolute Gasteiger partial charge is 0.339 e. The summed E-state index contributed by atoms with van der Waals surface area (Å²) in [6.45, 7) is 3.19. The van der Waals surface area contributed by atoms with Crippen LogP contribution < -0.4 is 0 Å². The highest BCUT2D eigenvalue weighted by molar-refractivity contribution is 5.94. The number of aromatic nitrogens is 1. The van der Waals surface area contributed by atoms with Gasteiger partial charge in [0.25, 0.3) is 5.91 Å². The van der Waals surface area contributed by atoms with Crippen molar-refractivity contribution in [1.29, 1.82) is 0 Å². The molecule has 0 aliphatic heterocycles. The van der Waals surface area contributed by atoms with Crippen LogP contribution in [0.2, 0.25) is 0 Å². The summed E-state index contributed by atoms with van der Waals surface area (Å²) in [4.78, 5) is 22.0. The zero-order valence-corrected chi connectivity index (χ0v) is 14.0. The quantitative estimate of drug-likeness (QED) is 0.649. The molecule has 0 aromatic carbocycles. The van der Waals surface area contributed by atoms with E-state index in [0.717, 1.165) is 25.9 Å². The van der Waals surface area contributed by atoms with Crippen LogP contribution >= 0.6 is 0 Å². The zero-order chi connectivity index (χ0) is 16.5. The summed E-state index contributed by atoms with van der Waals surface area (Å²) in [6, 6.07) is 2.77. The molecule has 0 saturated carbocycles. The van der Waals surface area contributed by atoms with Gasteiger partial charge in [0.1, 0.15) is 0 Å². The smallest absolute Gasteiger partial charge is 0.254 e. The third kappa shape index (κ3) is 6.95. The molecule has 0 fully saturated rings. The fourth-order valence-electron chi connectivity index (χ4n) is 2.19. The number of amides is 1. The molecule has 22 heavy (non-hydrogen) atoms. The summed E-state index contributed by atoms with van der Waals surface area (Å²) >= 11 is 0. The number of hydrogen-bond acceptors (Lipinski definition) is 4. The van der Waals surface area contributed by atoms with Gasteiger partial charge in [0, 0.05) is 30.9 Å². The first-order valence-corrected chi connectivity index (χ1v) is 7.60. The van der Waals surface area contributed by atoms with Gasteiger partial charge in [-0.2, -0.15) is 4.39 Å². The third-order valence-corrected chi connectivity index (χ3v) is 3.33. The summed E-state index contributed by atoms with van der Waals surface area (Å²) in [7, 11) is 8.04. The minimum absolute atomic E-state index is 0.126. The molecule has 1 rings (SSSR count). The fraction of sp³-hybridized carbons (Fsp3) is 0.625. The highest BCUT2D eigenvalue weighted by Crippen LogP contribution is 2.07. The molecule has 0 bridgehead atoms. The lowest BCUT2D eigenvalue weighted by Crippen LogP contribution is -2.35. The van der Waals surface area contributed by atoms with Gasteiger partial charge in [-0.05, 0) is 60.2 Å². The maximum atomic E-state index is 13.2. The Bertz CT molecular complexity index is 451. The Hall–Kier alpha value is -1.53. The topological polar surface area (TPSA) is 39.7 Å². The van der Waals surface area contributed by atoms with E-state index in [2.05, 4.69) is 14.8 Å². The highest BCUT2D eigenvalue weighted by atomic mass is 19.1. The third-order valence-electron chi connectivity index (χ3n) is 3.33. The normalized spacial score (nSPS) is 11.2. The number of nitrogens with zero attached hydrogens (tertiary/aromatic N) is 4. The van der Waals surface area contributed by atoms with Crippen molar-refractivity contribution in [2.75, 3.05) is 54.4 Å². The van der Waals surface area contributed by atoms with Crippen molar-refractivity contribution in [2.24, 2.45) is 0 Å². The first kappa shape index (κ1) is 18.5. The molecule has 0 radical (unpaired) electrons. The van der Waals surface area contributed by atoms with Gasteiger partial charge in [0.15, 0.2) is 0 Å². The summed E-state index contributed by atoms with van der Waals surface area (Å²) in [6.07, 6.45) is 3.13. The van der Waals surface area contributed by atoms with Crippen molar-refractivity contribution in [3.63, 3.8) is 0 Å². The zero-order valence-electron chi connectivity index (χ0n) is 14.0. The van der Waals surface area contributed by atoms with E-state index in [4.69, 9.17) is 0 Å². The Labute approximate surface area is 132 Å². The molecule has 6 heteroatoms. The first-order valence-electron chi connectivity index (χ1n) is 7.60. The van der Waals surface area contributed by atoms with Crippen LogP contribution in [-0.2, 0) is 0 Å². The minimum Gasteiger partial charge on any atom is -0.339 e. The predicted molar refractivity (Wildman–Crippen MR) is 86.4 cm³/mol. The Morgan fingerprint density at radius 1 is 1.05 bits per heavy atom. The standard InChI is InChI=1S/C16H27FN4O/c1-19(2)9-5-11-21(12-6-10-20(3)4)16(22)14-7-8-18-15(17)13-14/h7-8,13H,5-6,9-12H2,1-4H3. The lowest BCUT2D eigenvalue weighted by Gasteiger charge is -2.24. The van der Waals surface area contributed by atoms with Gasteiger partial charge in [-0.1, -0.05) is 0 Å². The molecule has 1 amide bonds. The number of halogens is 1. The van der Waals surface area contributed by atoms with E-state index in [1.54, 1.807) is 6.07 Å². The molecule has 1 aromatic heterocycles. The number of carbonyl (C=O) groups is 1. The Morgan fingerprint density at radius 2 is 1.59 bits per heavy atom. The van der Waals surface area contributed by atoms with Crippen molar-refractivity contribution in [2.45, 2.75) is 12.8 Å². The van der Waals surface area contributed by atoms with Crippen molar-refractivity contribution >= 4 is 5.91 Å². The van der Waals surface area contributed by atoms with E-state index in [0.29, 0.717) is 18.7 Å². The monoisotopic (exact) mass is 310 g/mol. The molecule has 0 atom stereocenters. The van der Waals surface area contributed by atoms with Crippen LogP contribution in [0, 0.1) is 5.95 Å². The molecule has 0 saturated heterocycles. The van der Waals surface area contributed by atoms with Gasteiger partial charge in [-0.25, -0.2) is 4.98 Å². The summed E-state index contributed by atoms with van der Waals surface area (Å²) in [5.41, 5.74) is 0.363. The summed E-state index contributed by atoms with van der Waals surface area (Å²) in [5.74, 6) is -0.744. The molecule has 0 spiro atoms. The van der Waals surface area contributed by atoms with Crippen LogP contribution in [0.15, 0.2) is 18.3 Å². The van der Waals surface area contributed by atoms with Gasteiger partial charge in [0.2, 0.25) is 5.95 Å². The Balaban J connectivity index is 2.67. The van der Waals surface area contributed by atoms with E-state index in [1.165, 1.54) is 12.3 Å². The number of carbonyl (C=O) groups excluding carboxylic acids is 1. The van der Waals surface area contributed by atoms with E-state index in [-0.39, 0.29) is 5.91 Å². The second-order valence-corrected chi connectivity index (χ2v) is 5.97. The summed E-state index contributed by atoms with van der Waals surface area (Å²) in [5, 5.41) is 0. The van der Waals surface area contributed by atoms with Crippen LogP contribution in [0.1, 0.15) is 23.2 Å². The van der Waals surface area contributed by atoms with Gasteiger partial charge in [0.05, 0.1) is 0 Å². The maximum absolute atomic E-state index is 13.2.